The summed E-state index contributed by atoms with van der Waals surface area (Å²) in [4.78, 5) is 28.3. The number of nitrogens with one attached hydrogen (secondary N) is 2. The Morgan fingerprint density at radius 3 is 2.54 bits per heavy atom. The third-order valence-corrected chi connectivity index (χ3v) is 5.10. The first-order chi connectivity index (χ1) is 13.5. The van der Waals surface area contributed by atoms with E-state index in [0.29, 0.717) is 11.3 Å². The molecule has 0 unspecified atom stereocenters. The van der Waals surface area contributed by atoms with Gasteiger partial charge in [0.05, 0.1) is 62.3 Å². The number of anilines is 2. The van der Waals surface area contributed by atoms with Gasteiger partial charge in [0.2, 0.25) is 0 Å². The lowest BCUT2D eigenvalue weighted by Gasteiger charge is -2.34. The van der Waals surface area contributed by atoms with Crippen molar-refractivity contribution in [2.75, 3.05) is 50.1 Å². The highest BCUT2D eigenvalue weighted by atomic mass is 19.1. The van der Waals surface area contributed by atoms with Crippen molar-refractivity contribution in [3.8, 4) is 0 Å². The number of ether oxygens (including phenoxy) is 1. The summed E-state index contributed by atoms with van der Waals surface area (Å²) in [7, 11) is 1.31. The molecule has 1 aliphatic rings. The smallest absolute Gasteiger partial charge is 0.337 e. The molecule has 1 heterocycles. The van der Waals surface area contributed by atoms with Crippen molar-refractivity contribution >= 4 is 23.3 Å². The van der Waals surface area contributed by atoms with Crippen LogP contribution in [-0.2, 0) is 4.74 Å². The summed E-state index contributed by atoms with van der Waals surface area (Å²) in [5.41, 5.74) is 1.56. The van der Waals surface area contributed by atoms with Crippen molar-refractivity contribution in [3.63, 3.8) is 0 Å². The van der Waals surface area contributed by atoms with Crippen molar-refractivity contribution in [2.24, 2.45) is 0 Å². The number of rotatable bonds is 5. The fourth-order valence-corrected chi connectivity index (χ4v) is 3.41. The largest absolute Gasteiger partial charge is 0.465 e. The zero-order valence-corrected chi connectivity index (χ0v) is 16.1. The molecule has 1 aliphatic heterocycles. The highest BCUT2D eigenvalue weighted by molar-refractivity contribution is 6.07. The quantitative estimate of drug-likeness (QED) is 0.766. The summed E-state index contributed by atoms with van der Waals surface area (Å²) in [5, 5.41) is 2.77. The molecule has 1 amide bonds. The van der Waals surface area contributed by atoms with Crippen LogP contribution in [0.25, 0.3) is 0 Å². The Labute approximate surface area is 163 Å². The molecule has 0 aromatic heterocycles. The number of piperazine rings is 1. The number of halogens is 1. The number of benzene rings is 2. The minimum absolute atomic E-state index is 0.0443. The summed E-state index contributed by atoms with van der Waals surface area (Å²) in [6.07, 6.45) is 0. The number of likely N-dealkylation sites (N-methyl/N-ethyl adjacent to an activating group) is 1. The van der Waals surface area contributed by atoms with E-state index >= 15 is 0 Å². The Kier molecular flexibility index (Phi) is 6.26. The molecule has 28 heavy (non-hydrogen) atoms. The topological polar surface area (TPSA) is 63.1 Å². The maximum Gasteiger partial charge on any atom is 0.337 e. The van der Waals surface area contributed by atoms with E-state index in [1.54, 1.807) is 24.3 Å². The predicted molar refractivity (Wildman–Crippen MR) is 106 cm³/mol. The first-order valence-corrected chi connectivity index (χ1v) is 9.40. The van der Waals surface area contributed by atoms with Crippen LogP contribution in [-0.4, -0.2) is 51.7 Å². The van der Waals surface area contributed by atoms with Gasteiger partial charge in [0.15, 0.2) is 0 Å². The van der Waals surface area contributed by atoms with Gasteiger partial charge in [0, 0.05) is 0 Å². The number of carbonyl (C=O) groups is 2. The van der Waals surface area contributed by atoms with Crippen molar-refractivity contribution < 1.29 is 23.6 Å². The summed E-state index contributed by atoms with van der Waals surface area (Å²) in [5.74, 6) is -1.64. The van der Waals surface area contributed by atoms with E-state index in [-0.39, 0.29) is 5.56 Å². The van der Waals surface area contributed by atoms with E-state index in [0.717, 1.165) is 38.4 Å². The Hall–Kier alpha value is -2.93. The Morgan fingerprint density at radius 1 is 1.18 bits per heavy atom. The summed E-state index contributed by atoms with van der Waals surface area (Å²) in [6.45, 7) is 6.90. The highest BCUT2D eigenvalue weighted by Crippen LogP contribution is 2.28. The van der Waals surface area contributed by atoms with Gasteiger partial charge in [-0.25, -0.2) is 9.18 Å². The van der Waals surface area contributed by atoms with Crippen LogP contribution in [0.2, 0.25) is 0 Å². The molecule has 1 saturated heterocycles. The second-order valence-electron chi connectivity index (χ2n) is 6.75. The molecule has 0 radical (unpaired) electrons. The van der Waals surface area contributed by atoms with Gasteiger partial charge in [-0.2, -0.15) is 0 Å². The monoisotopic (exact) mass is 386 g/mol. The number of methoxy groups -OCH3 is 1. The van der Waals surface area contributed by atoms with Crippen LogP contribution in [0.15, 0.2) is 42.5 Å². The van der Waals surface area contributed by atoms with E-state index < -0.39 is 17.7 Å². The number of esters is 1. The fourth-order valence-electron chi connectivity index (χ4n) is 3.41. The first kappa shape index (κ1) is 19.8. The Balaban J connectivity index is 1.91. The number of hydrogen-bond acceptors (Lipinski definition) is 4. The summed E-state index contributed by atoms with van der Waals surface area (Å²) >= 11 is 0. The Bertz CT molecular complexity index is 864. The SMILES string of the molecule is CC[NH+]1CCN(c2ccc(C(=O)OC)cc2NC(=O)c2ccccc2F)CC1. The zero-order chi connectivity index (χ0) is 20.1. The van der Waals surface area contributed by atoms with E-state index in [1.807, 2.05) is 0 Å². The first-order valence-electron chi connectivity index (χ1n) is 9.40. The van der Waals surface area contributed by atoms with Gasteiger partial charge in [0.25, 0.3) is 5.91 Å². The van der Waals surface area contributed by atoms with Gasteiger partial charge >= 0.3 is 5.97 Å². The molecule has 2 aromatic rings. The number of amides is 1. The lowest BCUT2D eigenvalue weighted by atomic mass is 10.1. The molecule has 3 rings (SSSR count). The third-order valence-electron chi connectivity index (χ3n) is 5.10. The molecule has 1 fully saturated rings. The second kappa shape index (κ2) is 8.84. The molecule has 0 saturated carbocycles. The average molecular weight is 386 g/mol. The van der Waals surface area contributed by atoms with E-state index in [2.05, 4.69) is 17.1 Å². The van der Waals surface area contributed by atoms with Gasteiger partial charge < -0.3 is 19.9 Å². The van der Waals surface area contributed by atoms with Crippen LogP contribution in [0.1, 0.15) is 27.6 Å². The maximum absolute atomic E-state index is 14.0. The second-order valence-corrected chi connectivity index (χ2v) is 6.75. The van der Waals surface area contributed by atoms with Crippen molar-refractivity contribution in [1.82, 2.24) is 0 Å². The molecule has 148 valence electrons. The van der Waals surface area contributed by atoms with Crippen LogP contribution in [0, 0.1) is 5.82 Å². The normalized spacial score (nSPS) is 14.6. The minimum Gasteiger partial charge on any atom is -0.465 e. The number of hydrogen-bond donors (Lipinski definition) is 2. The van der Waals surface area contributed by atoms with Gasteiger partial charge in [-0.1, -0.05) is 12.1 Å². The number of carbonyl (C=O) groups excluding carboxylic acids is 2. The number of quaternary nitrogens is 1. The zero-order valence-electron chi connectivity index (χ0n) is 16.1. The van der Waals surface area contributed by atoms with Crippen LogP contribution < -0.4 is 15.1 Å². The van der Waals surface area contributed by atoms with E-state index in [4.69, 9.17) is 4.74 Å². The van der Waals surface area contributed by atoms with Gasteiger partial charge in [-0.05, 0) is 37.3 Å². The Morgan fingerprint density at radius 2 is 1.89 bits per heavy atom. The van der Waals surface area contributed by atoms with Crippen LogP contribution in [0.5, 0.6) is 0 Å². The van der Waals surface area contributed by atoms with Crippen LogP contribution in [0.4, 0.5) is 15.8 Å². The number of nitrogens with zero attached hydrogens (tertiary/aromatic N) is 1. The van der Waals surface area contributed by atoms with E-state index in [9.17, 15) is 14.0 Å². The summed E-state index contributed by atoms with van der Waals surface area (Å²) < 4.78 is 18.8. The molecule has 0 bridgehead atoms. The molecule has 0 atom stereocenters. The standard InChI is InChI=1S/C21H24FN3O3/c1-3-24-10-12-25(13-11-24)19-9-8-15(21(27)28-2)14-18(19)23-20(26)16-6-4-5-7-17(16)22/h4-9,14H,3,10-13H2,1-2H3,(H,23,26)/p+1. The van der Waals surface area contributed by atoms with Gasteiger partial charge in [-0.15, -0.1) is 0 Å². The third kappa shape index (κ3) is 4.31. The lowest BCUT2D eigenvalue weighted by molar-refractivity contribution is -0.898. The van der Waals surface area contributed by atoms with Crippen LogP contribution >= 0.6 is 0 Å². The lowest BCUT2D eigenvalue weighted by Crippen LogP contribution is -3.14. The fraction of sp³-hybridized carbons (Fsp3) is 0.333. The molecule has 2 aromatic carbocycles. The molecule has 6 nitrogen and oxygen atoms in total. The van der Waals surface area contributed by atoms with Gasteiger partial charge in [-0.3, -0.25) is 4.79 Å². The average Bonchev–Trinajstić information content (AvgIpc) is 2.73. The van der Waals surface area contributed by atoms with Crippen LogP contribution in [0.3, 0.4) is 0 Å². The molecular formula is C21H25FN3O3+. The van der Waals surface area contributed by atoms with E-state index in [1.165, 1.54) is 30.2 Å². The minimum atomic E-state index is -0.592. The molecular weight excluding hydrogens is 361 g/mol. The summed E-state index contributed by atoms with van der Waals surface area (Å²) in [6, 6.07) is 10.9. The van der Waals surface area contributed by atoms with Crippen molar-refractivity contribution in [2.45, 2.75) is 6.92 Å². The predicted octanol–water partition coefficient (Wildman–Crippen LogP) is 1.59. The molecule has 2 N–H and O–H groups in total. The highest BCUT2D eigenvalue weighted by Gasteiger charge is 2.23. The molecule has 0 aliphatic carbocycles. The van der Waals surface area contributed by atoms with Gasteiger partial charge in [0.1, 0.15) is 5.82 Å². The maximum atomic E-state index is 14.0. The van der Waals surface area contributed by atoms with Crippen molar-refractivity contribution in [3.05, 3.63) is 59.4 Å². The van der Waals surface area contributed by atoms with Crippen molar-refractivity contribution in [1.29, 1.82) is 0 Å². The molecule has 0 spiro atoms. The molecule has 7 heteroatoms.